The smallest absolute Gasteiger partial charge is 0.329 e. The van der Waals surface area contributed by atoms with E-state index in [-0.39, 0.29) is 12.0 Å². The predicted octanol–water partition coefficient (Wildman–Crippen LogP) is 1.87. The maximum Gasteiger partial charge on any atom is 0.401 e. The van der Waals surface area contributed by atoms with E-state index >= 15 is 0 Å². The van der Waals surface area contributed by atoms with Crippen LogP contribution in [0.3, 0.4) is 0 Å². The van der Waals surface area contributed by atoms with Gasteiger partial charge in [0, 0.05) is 36.8 Å². The number of alkyl halides is 3. The molecule has 0 saturated carbocycles. The average molecular weight is 278 g/mol. The molecule has 19 heavy (non-hydrogen) atoms. The number of rotatable bonds is 4. The van der Waals surface area contributed by atoms with Crippen molar-refractivity contribution in [3.05, 3.63) is 17.5 Å². The first kappa shape index (κ1) is 16.0. The van der Waals surface area contributed by atoms with E-state index in [1.807, 2.05) is 20.8 Å². The maximum atomic E-state index is 12.3. The number of hydrogen-bond donors (Lipinski definition) is 2. The third-order valence-corrected chi connectivity index (χ3v) is 2.73. The van der Waals surface area contributed by atoms with Crippen molar-refractivity contribution in [1.29, 1.82) is 0 Å². The van der Waals surface area contributed by atoms with Crippen LogP contribution in [0.25, 0.3) is 0 Å². The van der Waals surface area contributed by atoms with Crippen LogP contribution >= 0.6 is 0 Å². The molecule has 0 radical (unpaired) electrons. The quantitative estimate of drug-likeness (QED) is 0.884. The largest absolute Gasteiger partial charge is 0.401 e. The van der Waals surface area contributed by atoms with E-state index in [9.17, 15) is 13.2 Å². The Bertz CT molecular complexity index is 418. The molecule has 1 aromatic rings. The van der Waals surface area contributed by atoms with E-state index in [4.69, 9.17) is 5.73 Å². The summed E-state index contributed by atoms with van der Waals surface area (Å²) in [5.41, 5.74) is 6.83. The molecule has 0 saturated heterocycles. The zero-order valence-electron chi connectivity index (χ0n) is 11.7. The molecule has 0 aromatic carbocycles. The Labute approximate surface area is 111 Å². The van der Waals surface area contributed by atoms with Gasteiger partial charge in [0.05, 0.1) is 12.2 Å². The summed E-state index contributed by atoms with van der Waals surface area (Å²) in [7, 11) is 1.75. The summed E-state index contributed by atoms with van der Waals surface area (Å²) in [6, 6.07) is -0.551. The van der Waals surface area contributed by atoms with E-state index < -0.39 is 18.8 Å². The van der Waals surface area contributed by atoms with Crippen LogP contribution in [0.2, 0.25) is 0 Å². The van der Waals surface area contributed by atoms with E-state index in [1.54, 1.807) is 17.9 Å². The second-order valence-electron chi connectivity index (χ2n) is 5.64. The molecule has 110 valence electrons. The second kappa shape index (κ2) is 5.50. The summed E-state index contributed by atoms with van der Waals surface area (Å²) in [5, 5.41) is 6.78. The molecule has 3 N–H and O–H groups in total. The van der Waals surface area contributed by atoms with E-state index in [2.05, 4.69) is 10.4 Å². The number of hydrogen-bond acceptors (Lipinski definition) is 3. The van der Waals surface area contributed by atoms with Crippen LogP contribution in [0, 0.1) is 0 Å². The topological polar surface area (TPSA) is 55.9 Å². The zero-order valence-corrected chi connectivity index (χ0v) is 11.7. The van der Waals surface area contributed by atoms with Crippen molar-refractivity contribution in [2.75, 3.05) is 13.1 Å². The van der Waals surface area contributed by atoms with Gasteiger partial charge in [0.1, 0.15) is 0 Å². The van der Waals surface area contributed by atoms with E-state index in [0.717, 1.165) is 11.3 Å². The van der Waals surface area contributed by atoms with Gasteiger partial charge in [0.15, 0.2) is 0 Å². The normalized spacial score (nSPS) is 14.7. The fraction of sp³-hybridized carbons (Fsp3) is 0.750. The van der Waals surface area contributed by atoms with Crippen LogP contribution in [0.1, 0.15) is 38.1 Å². The van der Waals surface area contributed by atoms with Crippen LogP contribution in [-0.4, -0.2) is 29.0 Å². The SMILES string of the molecule is Cn1cc(C(CN)NCC(F)(F)F)c(C(C)(C)C)n1. The van der Waals surface area contributed by atoms with Crippen LogP contribution in [0.15, 0.2) is 6.20 Å². The lowest BCUT2D eigenvalue weighted by atomic mass is 9.87. The molecule has 0 aliphatic rings. The lowest BCUT2D eigenvalue weighted by molar-refractivity contribution is -0.126. The number of nitrogens with two attached hydrogens (primary N) is 1. The Morgan fingerprint density at radius 2 is 1.95 bits per heavy atom. The molecule has 0 aliphatic carbocycles. The summed E-state index contributed by atoms with van der Waals surface area (Å²) in [5.74, 6) is 0. The average Bonchev–Trinajstić information content (AvgIpc) is 2.59. The van der Waals surface area contributed by atoms with Gasteiger partial charge in [-0.15, -0.1) is 0 Å². The molecule has 7 heteroatoms. The number of aromatic nitrogens is 2. The molecule has 1 atom stereocenters. The Hall–Kier alpha value is -1.08. The summed E-state index contributed by atoms with van der Waals surface area (Å²) in [4.78, 5) is 0. The molecule has 1 rings (SSSR count). The lowest BCUT2D eigenvalue weighted by Crippen LogP contribution is -2.36. The summed E-state index contributed by atoms with van der Waals surface area (Å²) in [6.45, 7) is 4.93. The molecule has 1 heterocycles. The number of aryl methyl sites for hydroxylation is 1. The van der Waals surface area contributed by atoms with Crippen molar-refractivity contribution in [3.8, 4) is 0 Å². The van der Waals surface area contributed by atoms with Crippen molar-refractivity contribution in [1.82, 2.24) is 15.1 Å². The van der Waals surface area contributed by atoms with Gasteiger partial charge in [-0.1, -0.05) is 20.8 Å². The Morgan fingerprint density at radius 3 is 2.37 bits per heavy atom. The molecule has 1 unspecified atom stereocenters. The highest BCUT2D eigenvalue weighted by Crippen LogP contribution is 2.28. The zero-order chi connectivity index (χ0) is 14.8. The van der Waals surface area contributed by atoms with Gasteiger partial charge in [-0.05, 0) is 0 Å². The third-order valence-electron chi connectivity index (χ3n) is 2.73. The van der Waals surface area contributed by atoms with Crippen LogP contribution < -0.4 is 11.1 Å². The maximum absolute atomic E-state index is 12.3. The number of nitrogens with one attached hydrogen (secondary N) is 1. The van der Waals surface area contributed by atoms with Crippen LogP contribution in [0.4, 0.5) is 13.2 Å². The molecule has 0 aliphatic heterocycles. The standard InChI is InChI=1S/C12H21F3N4/c1-11(2,3)10-8(6-19(4)18-10)9(5-16)17-7-12(13,14)15/h6,9,17H,5,7,16H2,1-4H3. The molecule has 4 nitrogen and oxygen atoms in total. The minimum absolute atomic E-state index is 0.0881. The van der Waals surface area contributed by atoms with Gasteiger partial charge in [-0.3, -0.25) is 4.68 Å². The van der Waals surface area contributed by atoms with Crippen LogP contribution in [-0.2, 0) is 12.5 Å². The van der Waals surface area contributed by atoms with Crippen molar-refractivity contribution < 1.29 is 13.2 Å². The Morgan fingerprint density at radius 1 is 1.37 bits per heavy atom. The van der Waals surface area contributed by atoms with Gasteiger partial charge in [-0.2, -0.15) is 18.3 Å². The summed E-state index contributed by atoms with van der Waals surface area (Å²) < 4.78 is 38.5. The van der Waals surface area contributed by atoms with Crippen molar-refractivity contribution in [2.24, 2.45) is 12.8 Å². The first-order chi connectivity index (χ1) is 8.54. The monoisotopic (exact) mass is 278 g/mol. The highest BCUT2D eigenvalue weighted by atomic mass is 19.4. The molecule has 0 fully saturated rings. The highest BCUT2D eigenvalue weighted by Gasteiger charge is 2.31. The third kappa shape index (κ3) is 4.50. The van der Waals surface area contributed by atoms with Gasteiger partial charge >= 0.3 is 6.18 Å². The van der Waals surface area contributed by atoms with Gasteiger partial charge in [-0.25, -0.2) is 0 Å². The fourth-order valence-corrected chi connectivity index (χ4v) is 1.90. The minimum atomic E-state index is -4.25. The molecule has 0 bridgehead atoms. The Kier molecular flexibility index (Phi) is 4.63. The Balaban J connectivity index is 2.99. The van der Waals surface area contributed by atoms with Crippen LogP contribution in [0.5, 0.6) is 0 Å². The molecular formula is C12H21F3N4. The van der Waals surface area contributed by atoms with Crippen molar-refractivity contribution >= 4 is 0 Å². The lowest BCUT2D eigenvalue weighted by Gasteiger charge is -2.23. The fourth-order valence-electron chi connectivity index (χ4n) is 1.90. The molecule has 0 amide bonds. The first-order valence-corrected chi connectivity index (χ1v) is 6.09. The minimum Gasteiger partial charge on any atom is -0.329 e. The van der Waals surface area contributed by atoms with Gasteiger partial charge in [0.2, 0.25) is 0 Å². The van der Waals surface area contributed by atoms with Gasteiger partial charge < -0.3 is 11.1 Å². The molecule has 1 aromatic heterocycles. The summed E-state index contributed by atoms with van der Waals surface area (Å²) in [6.07, 6.45) is -2.53. The first-order valence-electron chi connectivity index (χ1n) is 6.09. The highest BCUT2D eigenvalue weighted by molar-refractivity contribution is 5.27. The van der Waals surface area contributed by atoms with Crippen molar-refractivity contribution in [3.63, 3.8) is 0 Å². The predicted molar refractivity (Wildman–Crippen MR) is 67.8 cm³/mol. The second-order valence-corrected chi connectivity index (χ2v) is 5.64. The molecule has 0 spiro atoms. The van der Waals surface area contributed by atoms with E-state index in [0.29, 0.717) is 0 Å². The van der Waals surface area contributed by atoms with Gasteiger partial charge in [0.25, 0.3) is 0 Å². The number of nitrogens with zero attached hydrogens (tertiary/aromatic N) is 2. The van der Waals surface area contributed by atoms with Crippen molar-refractivity contribution in [2.45, 2.75) is 38.4 Å². The summed E-state index contributed by atoms with van der Waals surface area (Å²) >= 11 is 0. The number of halogens is 3. The van der Waals surface area contributed by atoms with E-state index in [1.165, 1.54) is 0 Å². The molecular weight excluding hydrogens is 257 g/mol.